The molecule has 2 rings (SSSR count). The first-order chi connectivity index (χ1) is 9.13. The van der Waals surface area contributed by atoms with Gasteiger partial charge < -0.3 is 15.4 Å². The predicted molar refractivity (Wildman–Crippen MR) is 80.9 cm³/mol. The van der Waals surface area contributed by atoms with Gasteiger partial charge in [-0.3, -0.25) is 0 Å². The average Bonchev–Trinajstić information content (AvgIpc) is 2.39. The van der Waals surface area contributed by atoms with Crippen LogP contribution in [0.1, 0.15) is 37.3 Å². The van der Waals surface area contributed by atoms with Crippen LogP contribution in [0.3, 0.4) is 0 Å². The van der Waals surface area contributed by atoms with Crippen molar-refractivity contribution in [1.29, 1.82) is 0 Å². The molecule has 3 nitrogen and oxygen atoms in total. The Morgan fingerprint density at radius 1 is 1.42 bits per heavy atom. The minimum absolute atomic E-state index is 0.276. The Balaban J connectivity index is 2.25. The van der Waals surface area contributed by atoms with Gasteiger partial charge in [0.25, 0.3) is 0 Å². The topological polar surface area (TPSA) is 38.5 Å². The maximum absolute atomic E-state index is 5.79. The van der Waals surface area contributed by atoms with Gasteiger partial charge in [0.15, 0.2) is 0 Å². The summed E-state index contributed by atoms with van der Waals surface area (Å²) < 4.78 is 5.79. The molecule has 1 aliphatic rings. The number of para-hydroxylation sites is 1. The molecule has 19 heavy (non-hydrogen) atoms. The number of ether oxygens (including phenoxy) is 1. The highest BCUT2D eigenvalue weighted by Crippen LogP contribution is 2.32. The standard InChI is InChI=1S/C16H26N2O/c1-12(2)15-6-4-5-13(3)16(15)18-9-10-19-14(11-18)7-8-17/h4-6,12,14H,7-11,17H2,1-3H3. The van der Waals surface area contributed by atoms with Crippen molar-refractivity contribution in [3.63, 3.8) is 0 Å². The van der Waals surface area contributed by atoms with Gasteiger partial charge in [-0.2, -0.15) is 0 Å². The second kappa shape index (κ2) is 6.40. The lowest BCUT2D eigenvalue weighted by molar-refractivity contribution is 0.0368. The van der Waals surface area contributed by atoms with Gasteiger partial charge in [0.05, 0.1) is 12.7 Å². The van der Waals surface area contributed by atoms with E-state index in [1.54, 1.807) is 0 Å². The van der Waals surface area contributed by atoms with Crippen molar-refractivity contribution >= 4 is 5.69 Å². The molecule has 0 saturated carbocycles. The van der Waals surface area contributed by atoms with Crippen molar-refractivity contribution < 1.29 is 4.74 Å². The van der Waals surface area contributed by atoms with Gasteiger partial charge in [-0.1, -0.05) is 32.0 Å². The molecule has 1 unspecified atom stereocenters. The molecule has 1 heterocycles. The zero-order chi connectivity index (χ0) is 13.8. The smallest absolute Gasteiger partial charge is 0.0762 e. The van der Waals surface area contributed by atoms with Crippen LogP contribution in [0.5, 0.6) is 0 Å². The fourth-order valence-corrected chi connectivity index (χ4v) is 2.86. The first kappa shape index (κ1) is 14.4. The molecular formula is C16H26N2O. The second-order valence-corrected chi connectivity index (χ2v) is 5.68. The third kappa shape index (κ3) is 3.28. The third-order valence-electron chi connectivity index (χ3n) is 3.83. The third-order valence-corrected chi connectivity index (χ3v) is 3.83. The summed E-state index contributed by atoms with van der Waals surface area (Å²) in [5.74, 6) is 0.547. The summed E-state index contributed by atoms with van der Waals surface area (Å²) in [6.45, 7) is 10.2. The van der Waals surface area contributed by atoms with Gasteiger partial charge in [-0.15, -0.1) is 0 Å². The summed E-state index contributed by atoms with van der Waals surface area (Å²) in [6.07, 6.45) is 1.22. The SMILES string of the molecule is Cc1cccc(C(C)C)c1N1CCOC(CCN)C1. The fraction of sp³-hybridized carbons (Fsp3) is 0.625. The number of benzene rings is 1. The van der Waals surface area contributed by atoms with E-state index >= 15 is 0 Å². The Morgan fingerprint density at radius 2 is 2.21 bits per heavy atom. The van der Waals surface area contributed by atoms with E-state index < -0.39 is 0 Å². The summed E-state index contributed by atoms with van der Waals surface area (Å²) >= 11 is 0. The molecule has 3 heteroatoms. The number of morpholine rings is 1. The largest absolute Gasteiger partial charge is 0.374 e. The Bertz CT molecular complexity index is 415. The van der Waals surface area contributed by atoms with Gasteiger partial charge in [0.1, 0.15) is 0 Å². The zero-order valence-corrected chi connectivity index (χ0v) is 12.4. The van der Waals surface area contributed by atoms with E-state index in [4.69, 9.17) is 10.5 Å². The van der Waals surface area contributed by atoms with Gasteiger partial charge >= 0.3 is 0 Å². The molecular weight excluding hydrogens is 236 g/mol. The Hall–Kier alpha value is -1.06. The monoisotopic (exact) mass is 262 g/mol. The summed E-state index contributed by atoms with van der Waals surface area (Å²) in [7, 11) is 0. The molecule has 0 bridgehead atoms. The van der Waals surface area contributed by atoms with E-state index in [0.29, 0.717) is 12.5 Å². The number of hydrogen-bond donors (Lipinski definition) is 1. The predicted octanol–water partition coefficient (Wildman–Crippen LogP) is 2.67. The van der Waals surface area contributed by atoms with Crippen LogP contribution in [0, 0.1) is 6.92 Å². The molecule has 1 saturated heterocycles. The van der Waals surface area contributed by atoms with Crippen LogP contribution < -0.4 is 10.6 Å². The molecule has 0 spiro atoms. The molecule has 0 amide bonds. The van der Waals surface area contributed by atoms with Crippen LogP contribution in [0.2, 0.25) is 0 Å². The molecule has 1 atom stereocenters. The lowest BCUT2D eigenvalue weighted by Crippen LogP contribution is -2.44. The van der Waals surface area contributed by atoms with E-state index in [1.807, 2.05) is 0 Å². The normalized spacial score (nSPS) is 20.1. The van der Waals surface area contributed by atoms with E-state index in [2.05, 4.69) is 43.9 Å². The molecule has 0 aliphatic carbocycles. The first-order valence-electron chi connectivity index (χ1n) is 7.29. The summed E-state index contributed by atoms with van der Waals surface area (Å²) in [6, 6.07) is 6.61. The van der Waals surface area contributed by atoms with Gasteiger partial charge in [-0.05, 0) is 36.9 Å². The number of aryl methyl sites for hydroxylation is 1. The Morgan fingerprint density at radius 3 is 2.89 bits per heavy atom. The van der Waals surface area contributed by atoms with E-state index in [0.717, 1.165) is 26.1 Å². The number of nitrogens with zero attached hydrogens (tertiary/aromatic N) is 1. The quantitative estimate of drug-likeness (QED) is 0.906. The highest BCUT2D eigenvalue weighted by atomic mass is 16.5. The van der Waals surface area contributed by atoms with E-state index in [-0.39, 0.29) is 6.10 Å². The minimum atomic E-state index is 0.276. The van der Waals surface area contributed by atoms with E-state index in [9.17, 15) is 0 Å². The molecule has 1 aromatic rings. The molecule has 0 radical (unpaired) electrons. The Labute approximate surface area is 116 Å². The van der Waals surface area contributed by atoms with Gasteiger partial charge in [-0.25, -0.2) is 0 Å². The van der Waals surface area contributed by atoms with Crippen molar-refractivity contribution in [2.24, 2.45) is 5.73 Å². The second-order valence-electron chi connectivity index (χ2n) is 5.68. The van der Waals surface area contributed by atoms with Crippen LogP contribution in [0.25, 0.3) is 0 Å². The molecule has 0 aromatic heterocycles. The number of anilines is 1. The highest BCUT2D eigenvalue weighted by molar-refractivity contribution is 5.60. The lowest BCUT2D eigenvalue weighted by atomic mass is 9.96. The minimum Gasteiger partial charge on any atom is -0.374 e. The number of rotatable bonds is 4. The Kier molecular flexibility index (Phi) is 4.83. The van der Waals surface area contributed by atoms with Gasteiger partial charge in [0.2, 0.25) is 0 Å². The van der Waals surface area contributed by atoms with E-state index in [1.165, 1.54) is 16.8 Å². The van der Waals surface area contributed by atoms with Crippen LogP contribution >= 0.6 is 0 Å². The zero-order valence-electron chi connectivity index (χ0n) is 12.4. The number of nitrogens with two attached hydrogens (primary N) is 1. The number of hydrogen-bond acceptors (Lipinski definition) is 3. The fourth-order valence-electron chi connectivity index (χ4n) is 2.86. The molecule has 1 fully saturated rings. The van der Waals surface area contributed by atoms with Crippen LogP contribution in [-0.2, 0) is 4.74 Å². The van der Waals surface area contributed by atoms with Crippen molar-refractivity contribution in [3.05, 3.63) is 29.3 Å². The summed E-state index contributed by atoms with van der Waals surface area (Å²) in [5.41, 5.74) is 9.86. The lowest BCUT2D eigenvalue weighted by Gasteiger charge is -2.37. The maximum Gasteiger partial charge on any atom is 0.0762 e. The molecule has 106 valence electrons. The van der Waals surface area contributed by atoms with Crippen molar-refractivity contribution in [2.75, 3.05) is 31.1 Å². The first-order valence-corrected chi connectivity index (χ1v) is 7.29. The molecule has 2 N–H and O–H groups in total. The van der Waals surface area contributed by atoms with Crippen molar-refractivity contribution in [1.82, 2.24) is 0 Å². The molecule has 1 aliphatic heterocycles. The summed E-state index contributed by atoms with van der Waals surface area (Å²) in [5, 5.41) is 0. The van der Waals surface area contributed by atoms with Crippen LogP contribution in [-0.4, -0.2) is 32.3 Å². The average molecular weight is 262 g/mol. The van der Waals surface area contributed by atoms with Crippen molar-refractivity contribution in [3.8, 4) is 0 Å². The molecule has 1 aromatic carbocycles. The van der Waals surface area contributed by atoms with Crippen LogP contribution in [0.15, 0.2) is 18.2 Å². The van der Waals surface area contributed by atoms with Crippen LogP contribution in [0.4, 0.5) is 5.69 Å². The maximum atomic E-state index is 5.79. The summed E-state index contributed by atoms with van der Waals surface area (Å²) in [4.78, 5) is 2.48. The van der Waals surface area contributed by atoms with Gasteiger partial charge in [0, 0.05) is 18.8 Å². The van der Waals surface area contributed by atoms with Crippen molar-refractivity contribution in [2.45, 2.75) is 39.2 Å². The highest BCUT2D eigenvalue weighted by Gasteiger charge is 2.23.